The molecule has 0 spiro atoms. The Labute approximate surface area is 106 Å². The van der Waals surface area contributed by atoms with Crippen molar-refractivity contribution >= 4 is 22.8 Å². The van der Waals surface area contributed by atoms with Crippen LogP contribution in [0.1, 0.15) is 35.1 Å². The number of carbonyl (C=O) groups excluding carboxylic acids is 1. The molecule has 1 heterocycles. The minimum Gasteiger partial charge on any atom is -0.378 e. The fourth-order valence-electron chi connectivity index (χ4n) is 1.90. The Bertz CT molecular complexity index is 401. The standard InChI is InChI=1S/C12H18N2O2S/c1-8(9-4-5-9)14(2)12-13-10(7-16-3)11(6-15)17-12/h6,8-9H,4-5,7H2,1-3H3. The maximum Gasteiger partial charge on any atom is 0.186 e. The second kappa shape index (κ2) is 5.14. The van der Waals surface area contributed by atoms with E-state index in [-0.39, 0.29) is 0 Å². The van der Waals surface area contributed by atoms with Gasteiger partial charge in [0, 0.05) is 20.2 Å². The Morgan fingerprint density at radius 3 is 2.88 bits per heavy atom. The second-order valence-corrected chi connectivity index (χ2v) is 5.56. The molecule has 1 unspecified atom stereocenters. The van der Waals surface area contributed by atoms with Gasteiger partial charge in [0.1, 0.15) is 0 Å². The van der Waals surface area contributed by atoms with Gasteiger partial charge in [-0.3, -0.25) is 4.79 Å². The van der Waals surface area contributed by atoms with E-state index in [4.69, 9.17) is 4.74 Å². The molecule has 1 aromatic rings. The maximum atomic E-state index is 11.0. The molecule has 1 atom stereocenters. The molecule has 1 aliphatic carbocycles. The monoisotopic (exact) mass is 254 g/mol. The van der Waals surface area contributed by atoms with Gasteiger partial charge in [-0.1, -0.05) is 11.3 Å². The van der Waals surface area contributed by atoms with Crippen molar-refractivity contribution in [1.82, 2.24) is 4.98 Å². The van der Waals surface area contributed by atoms with Crippen molar-refractivity contribution < 1.29 is 9.53 Å². The van der Waals surface area contributed by atoms with E-state index in [1.165, 1.54) is 24.2 Å². The zero-order valence-electron chi connectivity index (χ0n) is 10.5. The van der Waals surface area contributed by atoms with Crippen molar-refractivity contribution in [3.63, 3.8) is 0 Å². The number of carbonyl (C=O) groups is 1. The van der Waals surface area contributed by atoms with Crippen LogP contribution < -0.4 is 4.90 Å². The summed E-state index contributed by atoms with van der Waals surface area (Å²) in [6.07, 6.45) is 3.48. The zero-order valence-corrected chi connectivity index (χ0v) is 11.3. The SMILES string of the molecule is COCc1nc(N(C)C(C)C2CC2)sc1C=O. The Morgan fingerprint density at radius 1 is 1.65 bits per heavy atom. The Balaban J connectivity index is 2.16. The average Bonchev–Trinajstić information content (AvgIpc) is 3.10. The fraction of sp³-hybridized carbons (Fsp3) is 0.667. The number of anilines is 1. The smallest absolute Gasteiger partial charge is 0.186 e. The molecule has 1 aliphatic rings. The highest BCUT2D eigenvalue weighted by molar-refractivity contribution is 7.17. The molecule has 0 bridgehead atoms. The largest absolute Gasteiger partial charge is 0.378 e. The first-order valence-electron chi connectivity index (χ1n) is 5.84. The Hall–Kier alpha value is -0.940. The molecule has 0 saturated heterocycles. The molecule has 0 aliphatic heterocycles. The summed E-state index contributed by atoms with van der Waals surface area (Å²) in [5.74, 6) is 0.787. The third-order valence-corrected chi connectivity index (χ3v) is 4.43. The molecule has 94 valence electrons. The minimum absolute atomic E-state index is 0.399. The number of ether oxygens (including phenoxy) is 1. The van der Waals surface area contributed by atoms with Crippen molar-refractivity contribution in [3.8, 4) is 0 Å². The van der Waals surface area contributed by atoms with Crippen LogP contribution in [0.25, 0.3) is 0 Å². The quantitative estimate of drug-likeness (QED) is 0.731. The molecular formula is C12H18N2O2S. The van der Waals surface area contributed by atoms with Crippen molar-refractivity contribution in [2.24, 2.45) is 5.92 Å². The van der Waals surface area contributed by atoms with Gasteiger partial charge >= 0.3 is 0 Å². The molecular weight excluding hydrogens is 236 g/mol. The summed E-state index contributed by atoms with van der Waals surface area (Å²) in [5, 5.41) is 0.915. The van der Waals surface area contributed by atoms with Gasteiger partial charge in [-0.15, -0.1) is 0 Å². The van der Waals surface area contributed by atoms with Crippen LogP contribution in [0.3, 0.4) is 0 Å². The van der Waals surface area contributed by atoms with Crippen LogP contribution in [0.2, 0.25) is 0 Å². The van der Waals surface area contributed by atoms with Crippen LogP contribution in [0.4, 0.5) is 5.13 Å². The molecule has 1 fully saturated rings. The average molecular weight is 254 g/mol. The number of rotatable bonds is 6. The Morgan fingerprint density at radius 2 is 2.35 bits per heavy atom. The van der Waals surface area contributed by atoms with Gasteiger partial charge in [0.2, 0.25) is 0 Å². The number of hydrogen-bond acceptors (Lipinski definition) is 5. The van der Waals surface area contributed by atoms with Gasteiger partial charge in [-0.25, -0.2) is 4.98 Å². The van der Waals surface area contributed by atoms with E-state index >= 15 is 0 Å². The van der Waals surface area contributed by atoms with Gasteiger partial charge in [0.05, 0.1) is 17.2 Å². The topological polar surface area (TPSA) is 42.4 Å². The first-order chi connectivity index (χ1) is 8.17. The third-order valence-electron chi connectivity index (χ3n) is 3.32. The lowest BCUT2D eigenvalue weighted by Gasteiger charge is -2.23. The summed E-state index contributed by atoms with van der Waals surface area (Å²) in [6.45, 7) is 2.62. The van der Waals surface area contributed by atoms with E-state index in [1.54, 1.807) is 7.11 Å². The molecule has 4 nitrogen and oxygen atoms in total. The van der Waals surface area contributed by atoms with Gasteiger partial charge in [-0.05, 0) is 25.7 Å². The van der Waals surface area contributed by atoms with E-state index in [9.17, 15) is 4.79 Å². The molecule has 2 rings (SSSR count). The summed E-state index contributed by atoms with van der Waals surface area (Å²) >= 11 is 1.45. The van der Waals surface area contributed by atoms with E-state index < -0.39 is 0 Å². The van der Waals surface area contributed by atoms with Crippen molar-refractivity contribution in [2.75, 3.05) is 19.1 Å². The van der Waals surface area contributed by atoms with Crippen LogP contribution >= 0.6 is 11.3 Å². The molecule has 0 radical (unpaired) electrons. The van der Waals surface area contributed by atoms with Gasteiger partial charge < -0.3 is 9.64 Å². The predicted molar refractivity (Wildman–Crippen MR) is 68.8 cm³/mol. The normalized spacial score (nSPS) is 16.9. The van der Waals surface area contributed by atoms with E-state index in [0.717, 1.165) is 23.0 Å². The third kappa shape index (κ3) is 2.66. The summed E-state index contributed by atoms with van der Waals surface area (Å²) in [7, 11) is 3.66. The van der Waals surface area contributed by atoms with E-state index in [2.05, 4.69) is 16.8 Å². The van der Waals surface area contributed by atoms with Crippen molar-refractivity contribution in [2.45, 2.75) is 32.4 Å². The van der Waals surface area contributed by atoms with Crippen molar-refractivity contribution in [1.29, 1.82) is 0 Å². The fourth-order valence-corrected chi connectivity index (χ4v) is 2.84. The summed E-state index contributed by atoms with van der Waals surface area (Å²) in [6, 6.07) is 0.496. The van der Waals surface area contributed by atoms with Crippen LogP contribution in [0.5, 0.6) is 0 Å². The highest BCUT2D eigenvalue weighted by atomic mass is 32.1. The highest BCUT2D eigenvalue weighted by Gasteiger charge is 2.31. The molecule has 1 saturated carbocycles. The molecule has 0 amide bonds. The molecule has 1 aromatic heterocycles. The van der Waals surface area contributed by atoms with Crippen molar-refractivity contribution in [3.05, 3.63) is 10.6 Å². The Kier molecular flexibility index (Phi) is 3.79. The highest BCUT2D eigenvalue weighted by Crippen LogP contribution is 2.37. The number of thiazole rings is 1. The lowest BCUT2D eigenvalue weighted by molar-refractivity contribution is 0.112. The number of aromatic nitrogens is 1. The second-order valence-electron chi connectivity index (χ2n) is 4.55. The number of methoxy groups -OCH3 is 1. The first kappa shape index (κ1) is 12.5. The lowest BCUT2D eigenvalue weighted by atomic mass is 10.2. The summed E-state index contributed by atoms with van der Waals surface area (Å²) in [4.78, 5) is 18.3. The van der Waals surface area contributed by atoms with Crippen LogP contribution in [-0.2, 0) is 11.3 Å². The van der Waals surface area contributed by atoms with Gasteiger partial charge in [0.15, 0.2) is 11.4 Å². The number of hydrogen-bond donors (Lipinski definition) is 0. The molecule has 17 heavy (non-hydrogen) atoms. The number of aldehydes is 1. The zero-order chi connectivity index (χ0) is 12.4. The van der Waals surface area contributed by atoms with Gasteiger partial charge in [0.25, 0.3) is 0 Å². The first-order valence-corrected chi connectivity index (χ1v) is 6.65. The molecule has 0 aromatic carbocycles. The number of nitrogens with zero attached hydrogens (tertiary/aromatic N) is 2. The van der Waals surface area contributed by atoms with Crippen LogP contribution in [-0.4, -0.2) is 31.5 Å². The van der Waals surface area contributed by atoms with Gasteiger partial charge in [-0.2, -0.15) is 0 Å². The molecule has 5 heteroatoms. The lowest BCUT2D eigenvalue weighted by Crippen LogP contribution is -2.30. The van der Waals surface area contributed by atoms with E-state index in [0.29, 0.717) is 17.5 Å². The maximum absolute atomic E-state index is 11.0. The summed E-state index contributed by atoms with van der Waals surface area (Å²) in [5.41, 5.74) is 0.748. The van der Waals surface area contributed by atoms with Crippen LogP contribution in [0, 0.1) is 5.92 Å². The van der Waals surface area contributed by atoms with Crippen LogP contribution in [0.15, 0.2) is 0 Å². The predicted octanol–water partition coefficient (Wildman–Crippen LogP) is 2.34. The molecule has 0 N–H and O–H groups in total. The summed E-state index contributed by atoms with van der Waals surface area (Å²) < 4.78 is 5.05. The minimum atomic E-state index is 0.399. The van der Waals surface area contributed by atoms with E-state index in [1.807, 2.05) is 7.05 Å².